The molecule has 0 fully saturated rings. The van der Waals surface area contributed by atoms with Crippen LogP contribution in [0.15, 0.2) is 47.0 Å². The molecule has 2 amide bonds. The van der Waals surface area contributed by atoms with E-state index in [9.17, 15) is 4.79 Å². The highest BCUT2D eigenvalue weighted by Gasteiger charge is 2.21. The van der Waals surface area contributed by atoms with Gasteiger partial charge >= 0.3 is 6.03 Å². The van der Waals surface area contributed by atoms with Crippen LogP contribution in [-0.4, -0.2) is 63.2 Å². The van der Waals surface area contributed by atoms with Crippen molar-refractivity contribution in [1.82, 2.24) is 30.0 Å². The second-order valence-electron chi connectivity index (χ2n) is 7.07. The highest BCUT2D eigenvalue weighted by atomic mass is 16.4. The third-order valence-corrected chi connectivity index (χ3v) is 4.79. The van der Waals surface area contributed by atoms with Crippen molar-refractivity contribution in [1.29, 1.82) is 0 Å². The minimum atomic E-state index is 0. The van der Waals surface area contributed by atoms with Crippen molar-refractivity contribution in [3.8, 4) is 23.0 Å². The van der Waals surface area contributed by atoms with E-state index < -0.39 is 0 Å². The molecule has 0 radical (unpaired) electrons. The van der Waals surface area contributed by atoms with Crippen LogP contribution < -0.4 is 0 Å². The van der Waals surface area contributed by atoms with Crippen LogP contribution in [0.2, 0.25) is 0 Å². The van der Waals surface area contributed by atoms with Gasteiger partial charge in [-0.15, -0.1) is 10.2 Å². The first-order chi connectivity index (χ1) is 14.0. The highest BCUT2D eigenvalue weighted by molar-refractivity contribution is 5.76. The van der Waals surface area contributed by atoms with Crippen molar-refractivity contribution in [3.05, 3.63) is 54.0 Å². The van der Waals surface area contributed by atoms with Gasteiger partial charge in [-0.3, -0.25) is 4.98 Å². The lowest BCUT2D eigenvalue weighted by Crippen LogP contribution is -2.41. The van der Waals surface area contributed by atoms with Crippen LogP contribution in [0.4, 0.5) is 4.79 Å². The molecule has 0 aliphatic carbocycles. The molecule has 3 heterocycles. The molecule has 8 heteroatoms. The molecule has 2 aromatic heterocycles. The summed E-state index contributed by atoms with van der Waals surface area (Å²) in [6, 6.07) is 9.62. The van der Waals surface area contributed by atoms with Gasteiger partial charge in [-0.05, 0) is 31.1 Å². The second-order valence-corrected chi connectivity index (χ2v) is 7.07. The fourth-order valence-corrected chi connectivity index (χ4v) is 3.18. The molecule has 0 saturated carbocycles. The van der Waals surface area contributed by atoms with Gasteiger partial charge in [0.25, 0.3) is 5.89 Å². The molecule has 1 aliphatic rings. The summed E-state index contributed by atoms with van der Waals surface area (Å²) in [5.74, 6) is 0.790. The zero-order valence-electron chi connectivity index (χ0n) is 16.7. The van der Waals surface area contributed by atoms with Gasteiger partial charge in [-0.2, -0.15) is 0 Å². The van der Waals surface area contributed by atoms with Gasteiger partial charge in [0, 0.05) is 34.2 Å². The molecule has 0 bridgehead atoms. The maximum atomic E-state index is 12.1. The summed E-state index contributed by atoms with van der Waals surface area (Å²) in [7, 11) is 3.51. The number of urea groups is 1. The molecule has 150 valence electrons. The number of rotatable bonds is 3. The van der Waals surface area contributed by atoms with E-state index in [1.165, 1.54) is 0 Å². The number of hydrogen-bond acceptors (Lipinski definition) is 6. The zero-order chi connectivity index (χ0) is 20.4. The minimum Gasteiger partial charge on any atom is -0.415 e. The smallest absolute Gasteiger partial charge is 0.319 e. The number of benzene rings is 1. The van der Waals surface area contributed by atoms with Crippen LogP contribution >= 0.6 is 0 Å². The molecule has 29 heavy (non-hydrogen) atoms. The largest absolute Gasteiger partial charge is 0.415 e. The summed E-state index contributed by atoms with van der Waals surface area (Å²) in [4.78, 5) is 24.7. The summed E-state index contributed by atoms with van der Waals surface area (Å²) in [5, 5.41) is 8.31. The van der Waals surface area contributed by atoms with E-state index >= 15 is 0 Å². The number of amides is 2. The molecule has 3 aromatic rings. The normalized spacial score (nSPS) is 13.9. The lowest BCUT2D eigenvalue weighted by molar-refractivity contribution is 0.176. The third kappa shape index (κ3) is 3.87. The summed E-state index contributed by atoms with van der Waals surface area (Å²) < 4.78 is 5.85. The summed E-state index contributed by atoms with van der Waals surface area (Å²) in [6.45, 7) is 3.06. The molecule has 1 aromatic carbocycles. The van der Waals surface area contributed by atoms with E-state index in [1.807, 2.05) is 43.3 Å². The molecule has 0 N–H and O–H groups in total. The molecule has 0 atom stereocenters. The molecular weight excluding hydrogens is 368 g/mol. The Labute approximate surface area is 170 Å². The Morgan fingerprint density at radius 1 is 1.17 bits per heavy atom. The first-order valence-electron chi connectivity index (χ1n) is 9.41. The number of hydrogen-bond donors (Lipinski definition) is 0. The predicted octanol–water partition coefficient (Wildman–Crippen LogP) is 3.52. The topological polar surface area (TPSA) is 88.3 Å². The van der Waals surface area contributed by atoms with Crippen LogP contribution in [0, 0.1) is 6.92 Å². The fraction of sp³-hybridized carbons (Fsp3) is 0.286. The van der Waals surface area contributed by atoms with Crippen molar-refractivity contribution in [3.63, 3.8) is 0 Å². The van der Waals surface area contributed by atoms with Gasteiger partial charge in [0.2, 0.25) is 5.89 Å². The Kier molecular flexibility index (Phi) is 5.07. The van der Waals surface area contributed by atoms with Gasteiger partial charge in [0.15, 0.2) is 0 Å². The van der Waals surface area contributed by atoms with Gasteiger partial charge in [-0.25, -0.2) is 9.78 Å². The van der Waals surface area contributed by atoms with Crippen LogP contribution in [0.3, 0.4) is 0 Å². The van der Waals surface area contributed by atoms with Gasteiger partial charge in [0.1, 0.15) is 5.69 Å². The number of nitrogens with zero attached hydrogens (tertiary/aromatic N) is 6. The SMILES string of the molecule is Cc1ncc(C2=CCN(C(=O)N(C)C)CC2)nc1-c1nnc(-c2ccccc2)o1.[HH]. The molecule has 4 rings (SSSR count). The average Bonchev–Trinajstić information content (AvgIpc) is 3.24. The van der Waals surface area contributed by atoms with Crippen LogP contribution in [0.1, 0.15) is 19.2 Å². The van der Waals surface area contributed by atoms with Crippen molar-refractivity contribution < 1.29 is 10.6 Å². The van der Waals surface area contributed by atoms with Gasteiger partial charge in [-0.1, -0.05) is 24.3 Å². The third-order valence-electron chi connectivity index (χ3n) is 4.79. The average molecular weight is 392 g/mol. The first-order valence-corrected chi connectivity index (χ1v) is 9.41. The number of carbonyl (C=O) groups excluding carboxylic acids is 1. The summed E-state index contributed by atoms with van der Waals surface area (Å²) in [6.07, 6.45) is 4.50. The Morgan fingerprint density at radius 2 is 1.93 bits per heavy atom. The van der Waals surface area contributed by atoms with E-state index in [2.05, 4.69) is 15.2 Å². The van der Waals surface area contributed by atoms with Crippen molar-refractivity contribution in [2.24, 2.45) is 0 Å². The Balaban J connectivity index is 0.00000256. The Hall–Kier alpha value is -3.55. The summed E-state index contributed by atoms with van der Waals surface area (Å²) >= 11 is 0. The first kappa shape index (κ1) is 18.8. The number of aryl methyl sites for hydroxylation is 1. The van der Waals surface area contributed by atoms with Crippen LogP contribution in [-0.2, 0) is 0 Å². The maximum Gasteiger partial charge on any atom is 0.319 e. The van der Waals surface area contributed by atoms with E-state index in [-0.39, 0.29) is 7.46 Å². The number of aromatic nitrogens is 4. The molecular formula is C21H24N6O2. The minimum absolute atomic E-state index is 0. The van der Waals surface area contributed by atoms with Crippen molar-refractivity contribution >= 4 is 11.6 Å². The molecule has 0 saturated heterocycles. The molecule has 8 nitrogen and oxygen atoms in total. The molecule has 0 spiro atoms. The highest BCUT2D eigenvalue weighted by Crippen LogP contribution is 2.27. The second kappa shape index (κ2) is 7.83. The standard InChI is InChI=1S/C21H22N6O2.H2/c1-14-18(20-25-24-19(29-20)16-7-5-4-6-8-16)23-17(13-22-14)15-9-11-27(12-10-15)21(28)26(2)3;/h4-9,13H,10-12H2,1-3H3;1H. The van der Waals surface area contributed by atoms with E-state index in [1.54, 1.807) is 30.1 Å². The van der Waals surface area contributed by atoms with Crippen molar-refractivity contribution in [2.45, 2.75) is 13.3 Å². The maximum absolute atomic E-state index is 12.1. The van der Waals surface area contributed by atoms with Crippen LogP contribution in [0.5, 0.6) is 0 Å². The molecule has 1 aliphatic heterocycles. The fourth-order valence-electron chi connectivity index (χ4n) is 3.18. The Bertz CT molecular complexity index is 1060. The van der Waals surface area contributed by atoms with E-state index in [0.29, 0.717) is 30.6 Å². The predicted molar refractivity (Wildman–Crippen MR) is 111 cm³/mol. The van der Waals surface area contributed by atoms with E-state index in [4.69, 9.17) is 9.40 Å². The van der Waals surface area contributed by atoms with E-state index in [0.717, 1.165) is 28.9 Å². The summed E-state index contributed by atoms with van der Waals surface area (Å²) in [5.41, 5.74) is 3.97. The lowest BCUT2D eigenvalue weighted by Gasteiger charge is -2.28. The van der Waals surface area contributed by atoms with Gasteiger partial charge in [0.05, 0.1) is 17.6 Å². The molecule has 0 unspecified atom stereocenters. The van der Waals surface area contributed by atoms with Crippen molar-refractivity contribution in [2.75, 3.05) is 27.2 Å². The lowest BCUT2D eigenvalue weighted by atomic mass is 10.1. The van der Waals surface area contributed by atoms with Crippen LogP contribution in [0.25, 0.3) is 28.6 Å². The monoisotopic (exact) mass is 392 g/mol. The zero-order valence-corrected chi connectivity index (χ0v) is 16.7. The number of carbonyl (C=O) groups is 1. The quantitative estimate of drug-likeness (QED) is 0.678. The Morgan fingerprint density at radius 3 is 2.62 bits per heavy atom. The van der Waals surface area contributed by atoms with Gasteiger partial charge < -0.3 is 14.2 Å².